The number of nitrogens with zero attached hydrogens (tertiary/aromatic N) is 1. The maximum Gasteiger partial charge on any atom is 0.247 e. The number of hydrogen-bond acceptors (Lipinski definition) is 4. The zero-order valence-electron chi connectivity index (χ0n) is 10.3. The summed E-state index contributed by atoms with van der Waals surface area (Å²) in [7, 11) is 0. The third-order valence-corrected chi connectivity index (χ3v) is 4.13. The van der Waals surface area contributed by atoms with Crippen molar-refractivity contribution in [3.05, 3.63) is 35.9 Å². The Labute approximate surface area is 112 Å². The van der Waals surface area contributed by atoms with Gasteiger partial charge < -0.3 is 11.1 Å². The molecule has 3 N–H and O–H groups in total. The molecule has 0 bridgehead atoms. The first-order chi connectivity index (χ1) is 8.81. The molecule has 18 heavy (non-hydrogen) atoms. The number of hydrogen-bond donors (Lipinski definition) is 2. The minimum Gasteiger partial charge on any atom is -0.353 e. The Hall–Kier alpha value is -1.04. The molecule has 1 aromatic carbocycles. The number of nitrogens with one attached hydrogen (secondary N) is 1. The molecule has 0 radical (unpaired) electrons. The second-order valence-corrected chi connectivity index (χ2v) is 5.45. The monoisotopic (exact) mass is 265 g/mol. The second-order valence-electron chi connectivity index (χ2n) is 4.26. The second kappa shape index (κ2) is 6.78. The molecular formula is C13H19N3OS. The number of rotatable bonds is 5. The Morgan fingerprint density at radius 2 is 2.22 bits per heavy atom. The lowest BCUT2D eigenvalue weighted by molar-refractivity contribution is -0.123. The van der Waals surface area contributed by atoms with Crippen LogP contribution in [-0.2, 0) is 11.3 Å². The fourth-order valence-corrected chi connectivity index (χ4v) is 3.20. The topological polar surface area (TPSA) is 58.4 Å². The highest BCUT2D eigenvalue weighted by molar-refractivity contribution is 8.00. The van der Waals surface area contributed by atoms with E-state index in [-0.39, 0.29) is 11.3 Å². The quantitative estimate of drug-likeness (QED) is 0.820. The molecule has 1 fully saturated rings. The fraction of sp³-hybridized carbons (Fsp3) is 0.462. The first kappa shape index (κ1) is 13.4. The molecule has 0 spiro atoms. The van der Waals surface area contributed by atoms with Crippen LogP contribution < -0.4 is 11.1 Å². The molecule has 98 valence electrons. The van der Waals surface area contributed by atoms with Crippen LogP contribution >= 0.6 is 11.8 Å². The lowest BCUT2D eigenvalue weighted by Gasteiger charge is -2.22. The van der Waals surface area contributed by atoms with Crippen molar-refractivity contribution in [2.75, 3.05) is 25.4 Å². The maximum absolute atomic E-state index is 12.0. The molecule has 1 aromatic rings. The molecule has 1 atom stereocenters. The van der Waals surface area contributed by atoms with E-state index >= 15 is 0 Å². The number of nitrogens with two attached hydrogens (primary N) is 1. The Balaban J connectivity index is 1.93. The highest BCUT2D eigenvalue weighted by Gasteiger charge is 2.30. The van der Waals surface area contributed by atoms with Gasteiger partial charge in [-0.15, -0.1) is 11.8 Å². The lowest BCUT2D eigenvalue weighted by Crippen LogP contribution is -2.43. The molecular weight excluding hydrogens is 246 g/mol. The van der Waals surface area contributed by atoms with Gasteiger partial charge in [0.1, 0.15) is 5.37 Å². The largest absolute Gasteiger partial charge is 0.353 e. The number of carbonyl (C=O) groups is 1. The van der Waals surface area contributed by atoms with Crippen molar-refractivity contribution < 1.29 is 4.79 Å². The van der Waals surface area contributed by atoms with Crippen molar-refractivity contribution in [3.8, 4) is 0 Å². The summed E-state index contributed by atoms with van der Waals surface area (Å²) in [6.45, 7) is 2.83. The molecule has 4 nitrogen and oxygen atoms in total. The molecule has 0 aliphatic carbocycles. The standard InChI is InChI=1S/C13H19N3OS/c14-6-7-15-12(17)13-16(8-9-18-13)10-11-4-2-1-3-5-11/h1-5,13H,6-10,14H2,(H,15,17). The van der Waals surface area contributed by atoms with E-state index in [0.29, 0.717) is 13.1 Å². The van der Waals surface area contributed by atoms with Gasteiger partial charge in [0.15, 0.2) is 0 Å². The van der Waals surface area contributed by atoms with Crippen molar-refractivity contribution in [2.24, 2.45) is 5.73 Å². The van der Waals surface area contributed by atoms with Gasteiger partial charge in [0.25, 0.3) is 0 Å². The third kappa shape index (κ3) is 3.48. The van der Waals surface area contributed by atoms with Crippen molar-refractivity contribution in [1.82, 2.24) is 10.2 Å². The minimum absolute atomic E-state index is 0.0724. The number of carbonyl (C=O) groups excluding carboxylic acids is 1. The lowest BCUT2D eigenvalue weighted by atomic mass is 10.2. The number of benzene rings is 1. The first-order valence-corrected chi connectivity index (χ1v) is 7.23. The van der Waals surface area contributed by atoms with Crippen molar-refractivity contribution >= 4 is 17.7 Å². The highest BCUT2D eigenvalue weighted by atomic mass is 32.2. The van der Waals surface area contributed by atoms with E-state index in [1.165, 1.54) is 5.56 Å². The van der Waals surface area contributed by atoms with Crippen LogP contribution in [0.15, 0.2) is 30.3 Å². The van der Waals surface area contributed by atoms with Gasteiger partial charge >= 0.3 is 0 Å². The molecule has 1 aliphatic heterocycles. The van der Waals surface area contributed by atoms with Crippen LogP contribution in [0.3, 0.4) is 0 Å². The Bertz CT molecular complexity index is 385. The normalized spacial score (nSPS) is 19.9. The molecule has 2 rings (SSSR count). The van der Waals surface area contributed by atoms with Gasteiger partial charge in [0.05, 0.1) is 0 Å². The summed E-state index contributed by atoms with van der Waals surface area (Å²) in [6, 6.07) is 10.3. The fourth-order valence-electron chi connectivity index (χ4n) is 2.01. The van der Waals surface area contributed by atoms with Gasteiger partial charge in [0.2, 0.25) is 5.91 Å². The van der Waals surface area contributed by atoms with Gasteiger partial charge in [-0.3, -0.25) is 9.69 Å². The Kier molecular flexibility index (Phi) is 5.04. The maximum atomic E-state index is 12.0. The van der Waals surface area contributed by atoms with Gasteiger partial charge in [-0.2, -0.15) is 0 Å². The molecule has 1 amide bonds. The average molecular weight is 265 g/mol. The van der Waals surface area contributed by atoms with Gasteiger partial charge in [-0.1, -0.05) is 30.3 Å². The predicted octanol–water partition coefficient (Wildman–Crippen LogP) is 0.636. The van der Waals surface area contributed by atoms with E-state index in [9.17, 15) is 4.79 Å². The van der Waals surface area contributed by atoms with Crippen LogP contribution in [0.2, 0.25) is 0 Å². The molecule has 0 aromatic heterocycles. The van der Waals surface area contributed by atoms with Crippen LogP contribution in [0.1, 0.15) is 5.56 Å². The van der Waals surface area contributed by atoms with Crippen LogP contribution in [-0.4, -0.2) is 41.6 Å². The summed E-state index contributed by atoms with van der Waals surface area (Å²) in [5.74, 6) is 1.09. The zero-order valence-corrected chi connectivity index (χ0v) is 11.2. The molecule has 1 saturated heterocycles. The molecule has 5 heteroatoms. The summed E-state index contributed by atoms with van der Waals surface area (Å²) in [5, 5.41) is 2.79. The predicted molar refractivity (Wildman–Crippen MR) is 75.2 cm³/mol. The SMILES string of the molecule is NCCNC(=O)C1SCCN1Cc1ccccc1. The van der Waals surface area contributed by atoms with E-state index in [1.807, 2.05) is 18.2 Å². The van der Waals surface area contributed by atoms with E-state index in [1.54, 1.807) is 11.8 Å². The van der Waals surface area contributed by atoms with E-state index < -0.39 is 0 Å². The van der Waals surface area contributed by atoms with Crippen LogP contribution in [0.5, 0.6) is 0 Å². The summed E-state index contributed by atoms with van der Waals surface area (Å²) < 4.78 is 0. The van der Waals surface area contributed by atoms with E-state index in [2.05, 4.69) is 22.3 Å². The van der Waals surface area contributed by atoms with Crippen LogP contribution in [0.4, 0.5) is 0 Å². The van der Waals surface area contributed by atoms with E-state index in [0.717, 1.165) is 18.8 Å². The Morgan fingerprint density at radius 1 is 1.44 bits per heavy atom. The molecule has 0 saturated carbocycles. The van der Waals surface area contributed by atoms with Crippen molar-refractivity contribution in [2.45, 2.75) is 11.9 Å². The summed E-state index contributed by atoms with van der Waals surface area (Å²) in [6.07, 6.45) is 0. The Morgan fingerprint density at radius 3 is 2.94 bits per heavy atom. The number of thioether (sulfide) groups is 1. The van der Waals surface area contributed by atoms with Gasteiger partial charge in [-0.25, -0.2) is 0 Å². The number of amides is 1. The molecule has 1 aliphatic rings. The smallest absolute Gasteiger partial charge is 0.247 e. The van der Waals surface area contributed by atoms with Crippen LogP contribution in [0.25, 0.3) is 0 Å². The third-order valence-electron chi connectivity index (χ3n) is 2.88. The molecule has 1 heterocycles. The van der Waals surface area contributed by atoms with Crippen molar-refractivity contribution in [1.29, 1.82) is 0 Å². The van der Waals surface area contributed by atoms with Crippen LogP contribution in [0, 0.1) is 0 Å². The van der Waals surface area contributed by atoms with Gasteiger partial charge in [-0.05, 0) is 5.56 Å². The van der Waals surface area contributed by atoms with Crippen molar-refractivity contribution in [3.63, 3.8) is 0 Å². The van der Waals surface area contributed by atoms with E-state index in [4.69, 9.17) is 5.73 Å². The summed E-state index contributed by atoms with van der Waals surface area (Å²) >= 11 is 1.70. The average Bonchev–Trinajstić information content (AvgIpc) is 2.85. The summed E-state index contributed by atoms with van der Waals surface area (Å²) in [4.78, 5) is 14.2. The highest BCUT2D eigenvalue weighted by Crippen LogP contribution is 2.25. The minimum atomic E-state index is -0.0724. The summed E-state index contributed by atoms with van der Waals surface area (Å²) in [5.41, 5.74) is 6.65. The zero-order chi connectivity index (χ0) is 12.8. The molecule has 1 unspecified atom stereocenters. The first-order valence-electron chi connectivity index (χ1n) is 6.18. The van der Waals surface area contributed by atoms with Gasteiger partial charge in [0, 0.05) is 31.9 Å².